The average Bonchev–Trinajstić information content (AvgIpc) is 3.13. The maximum Gasteiger partial charge on any atom is 0.334 e. The summed E-state index contributed by atoms with van der Waals surface area (Å²) in [7, 11) is 0. The number of hydrogen-bond donors (Lipinski definition) is 0. The quantitative estimate of drug-likeness (QED) is 0.767. The molecule has 2 aromatic rings. The van der Waals surface area contributed by atoms with Gasteiger partial charge in [-0.3, -0.25) is 0 Å². The summed E-state index contributed by atoms with van der Waals surface area (Å²) in [5.41, 5.74) is 2.01. The van der Waals surface area contributed by atoms with Crippen molar-refractivity contribution in [1.29, 1.82) is 0 Å². The zero-order valence-corrected chi connectivity index (χ0v) is 14.1. The predicted octanol–water partition coefficient (Wildman–Crippen LogP) is 3.84. The molecule has 0 saturated heterocycles. The van der Waals surface area contributed by atoms with Crippen molar-refractivity contribution >= 4 is 12.0 Å². The zero-order valence-electron chi connectivity index (χ0n) is 14.1. The lowest BCUT2D eigenvalue weighted by Gasteiger charge is -2.21. The summed E-state index contributed by atoms with van der Waals surface area (Å²) in [4.78, 5) is 11.8. The molecule has 5 nitrogen and oxygen atoms in total. The summed E-state index contributed by atoms with van der Waals surface area (Å²) in [5, 5.41) is 0. The molecule has 0 fully saturated rings. The van der Waals surface area contributed by atoms with E-state index in [0.717, 1.165) is 22.6 Å². The smallest absolute Gasteiger partial charge is 0.334 e. The fourth-order valence-corrected chi connectivity index (χ4v) is 2.81. The molecule has 0 aliphatic carbocycles. The summed E-state index contributed by atoms with van der Waals surface area (Å²) >= 11 is 0. The first-order valence-corrected chi connectivity index (χ1v) is 8.42. The maximum atomic E-state index is 11.8. The Morgan fingerprint density at radius 3 is 2.81 bits per heavy atom. The number of carbonyl (C=O) groups excluding carboxylic acids is 1. The van der Waals surface area contributed by atoms with Crippen LogP contribution in [0.2, 0.25) is 0 Å². The maximum absolute atomic E-state index is 11.8. The van der Waals surface area contributed by atoms with Gasteiger partial charge in [-0.05, 0) is 29.3 Å². The molecule has 2 aromatic carbocycles. The Morgan fingerprint density at radius 2 is 1.92 bits per heavy atom. The minimum Gasteiger partial charge on any atom is -0.493 e. The normalized spacial score (nSPS) is 18.5. The number of hydrogen-bond acceptors (Lipinski definition) is 5. The largest absolute Gasteiger partial charge is 0.493 e. The second kappa shape index (κ2) is 7.35. The molecule has 0 amide bonds. The van der Waals surface area contributed by atoms with Crippen molar-refractivity contribution in [2.75, 3.05) is 6.79 Å². The van der Waals surface area contributed by atoms with E-state index in [0.29, 0.717) is 18.8 Å². The molecule has 1 atom stereocenters. The van der Waals surface area contributed by atoms with E-state index in [-0.39, 0.29) is 18.9 Å². The number of ether oxygens (including phenoxy) is 4. The number of rotatable bonds is 5. The number of carbonyl (C=O) groups is 1. The van der Waals surface area contributed by atoms with E-state index in [4.69, 9.17) is 18.9 Å². The van der Waals surface area contributed by atoms with E-state index >= 15 is 0 Å². The molecule has 0 bridgehead atoms. The van der Waals surface area contributed by atoms with Crippen molar-refractivity contribution in [2.24, 2.45) is 0 Å². The molecule has 1 unspecified atom stereocenters. The van der Waals surface area contributed by atoms with E-state index in [1.54, 1.807) is 0 Å². The Morgan fingerprint density at radius 1 is 1.08 bits per heavy atom. The van der Waals surface area contributed by atoms with Gasteiger partial charge in [0.1, 0.15) is 18.5 Å². The molecule has 2 aliphatic heterocycles. The van der Waals surface area contributed by atoms with Gasteiger partial charge in [0, 0.05) is 6.42 Å². The van der Waals surface area contributed by atoms with E-state index in [9.17, 15) is 4.79 Å². The lowest BCUT2D eigenvalue weighted by Crippen LogP contribution is -2.21. The number of benzene rings is 2. The molecule has 5 heteroatoms. The van der Waals surface area contributed by atoms with Gasteiger partial charge in [0.05, 0.1) is 6.08 Å². The molecular weight excluding hydrogens is 332 g/mol. The molecule has 26 heavy (non-hydrogen) atoms. The van der Waals surface area contributed by atoms with Gasteiger partial charge in [0.15, 0.2) is 11.5 Å². The summed E-state index contributed by atoms with van der Waals surface area (Å²) in [6.07, 6.45) is 5.32. The van der Waals surface area contributed by atoms with Crippen LogP contribution in [-0.2, 0) is 20.9 Å². The number of esters is 1. The van der Waals surface area contributed by atoms with E-state index in [1.165, 1.54) is 6.08 Å². The van der Waals surface area contributed by atoms with Gasteiger partial charge in [-0.25, -0.2) is 4.79 Å². The minimum absolute atomic E-state index is 0.246. The molecular formula is C21H18O5. The van der Waals surface area contributed by atoms with Gasteiger partial charge in [0.25, 0.3) is 0 Å². The van der Waals surface area contributed by atoms with Crippen molar-refractivity contribution in [3.63, 3.8) is 0 Å². The highest BCUT2D eigenvalue weighted by molar-refractivity contribution is 5.83. The van der Waals surface area contributed by atoms with Crippen molar-refractivity contribution in [3.8, 4) is 11.5 Å². The zero-order chi connectivity index (χ0) is 17.8. The molecule has 0 radical (unpaired) electrons. The van der Waals surface area contributed by atoms with Gasteiger partial charge in [-0.15, -0.1) is 0 Å². The monoisotopic (exact) mass is 350 g/mol. The Hall–Kier alpha value is -3.21. The first kappa shape index (κ1) is 16.3. The fraction of sp³-hybridized carbons (Fsp3) is 0.190. The van der Waals surface area contributed by atoms with Crippen LogP contribution < -0.4 is 9.47 Å². The number of cyclic esters (lactones) is 1. The van der Waals surface area contributed by atoms with Crippen molar-refractivity contribution < 1.29 is 23.7 Å². The van der Waals surface area contributed by atoms with Crippen molar-refractivity contribution in [2.45, 2.75) is 19.1 Å². The van der Waals surface area contributed by atoms with Crippen LogP contribution in [0.5, 0.6) is 11.5 Å². The standard InChI is InChI=1S/C21H18O5/c22-21-12-18(23-13-16-4-2-1-3-5-16)11-17(26-21)8-6-15-7-9-19-20(10-15)25-14-24-19/h1-10,12,17H,11,13-14H2. The lowest BCUT2D eigenvalue weighted by molar-refractivity contribution is -0.143. The Labute approximate surface area is 151 Å². The van der Waals surface area contributed by atoms with Gasteiger partial charge < -0.3 is 18.9 Å². The Bertz CT molecular complexity index is 854. The summed E-state index contributed by atoms with van der Waals surface area (Å²) in [6, 6.07) is 15.5. The van der Waals surface area contributed by atoms with Crippen LogP contribution in [0.15, 0.2) is 66.4 Å². The minimum atomic E-state index is -0.389. The summed E-state index contributed by atoms with van der Waals surface area (Å²) in [6.45, 7) is 0.675. The van der Waals surface area contributed by atoms with Crippen LogP contribution in [0, 0.1) is 0 Å². The van der Waals surface area contributed by atoms with Gasteiger partial charge >= 0.3 is 5.97 Å². The molecule has 0 aromatic heterocycles. The predicted molar refractivity (Wildman–Crippen MR) is 95.4 cm³/mol. The van der Waals surface area contributed by atoms with Gasteiger partial charge in [0.2, 0.25) is 6.79 Å². The van der Waals surface area contributed by atoms with E-state index < -0.39 is 0 Å². The SMILES string of the molecule is O=C1C=C(OCc2ccccc2)CC(C=Cc2ccc3c(c2)OCO3)O1. The molecule has 4 rings (SSSR count). The van der Waals surface area contributed by atoms with E-state index in [2.05, 4.69) is 0 Å². The van der Waals surface area contributed by atoms with Crippen LogP contribution in [-0.4, -0.2) is 18.9 Å². The second-order valence-corrected chi connectivity index (χ2v) is 6.04. The lowest BCUT2D eigenvalue weighted by atomic mass is 10.1. The molecule has 0 N–H and O–H groups in total. The molecule has 0 saturated carbocycles. The third-order valence-corrected chi connectivity index (χ3v) is 4.12. The third-order valence-electron chi connectivity index (χ3n) is 4.12. The highest BCUT2D eigenvalue weighted by atomic mass is 16.7. The summed E-state index contributed by atoms with van der Waals surface area (Å²) in [5.74, 6) is 1.70. The summed E-state index contributed by atoms with van der Waals surface area (Å²) < 4.78 is 21.8. The Kier molecular flexibility index (Phi) is 4.60. The molecule has 132 valence electrons. The highest BCUT2D eigenvalue weighted by Gasteiger charge is 2.21. The molecule has 0 spiro atoms. The highest BCUT2D eigenvalue weighted by Crippen LogP contribution is 2.33. The topological polar surface area (TPSA) is 54.0 Å². The first-order valence-electron chi connectivity index (χ1n) is 8.42. The number of fused-ring (bicyclic) bond motifs is 1. The van der Waals surface area contributed by atoms with Gasteiger partial charge in [-0.2, -0.15) is 0 Å². The Balaban J connectivity index is 1.38. The van der Waals surface area contributed by atoms with Crippen LogP contribution >= 0.6 is 0 Å². The van der Waals surface area contributed by atoms with E-state index in [1.807, 2.05) is 60.7 Å². The first-order chi connectivity index (χ1) is 12.8. The fourth-order valence-electron chi connectivity index (χ4n) is 2.81. The second-order valence-electron chi connectivity index (χ2n) is 6.04. The molecule has 2 heterocycles. The molecule has 2 aliphatic rings. The van der Waals surface area contributed by atoms with Crippen LogP contribution in [0.25, 0.3) is 6.08 Å². The van der Waals surface area contributed by atoms with Gasteiger partial charge in [-0.1, -0.05) is 42.5 Å². The van der Waals surface area contributed by atoms with Crippen LogP contribution in [0.4, 0.5) is 0 Å². The van der Waals surface area contributed by atoms with Crippen LogP contribution in [0.1, 0.15) is 17.5 Å². The van der Waals surface area contributed by atoms with Crippen LogP contribution in [0.3, 0.4) is 0 Å². The van der Waals surface area contributed by atoms with Crippen molar-refractivity contribution in [3.05, 3.63) is 77.6 Å². The third kappa shape index (κ3) is 3.88. The van der Waals surface area contributed by atoms with Crippen molar-refractivity contribution in [1.82, 2.24) is 0 Å². The average molecular weight is 350 g/mol.